The second kappa shape index (κ2) is 8.70. The van der Waals surface area contributed by atoms with Gasteiger partial charge in [0.2, 0.25) is 5.91 Å². The Bertz CT molecular complexity index is 232. The van der Waals surface area contributed by atoms with Gasteiger partial charge in [-0.3, -0.25) is 9.00 Å². The molecule has 2 unspecified atom stereocenters. The monoisotopic (exact) mass is 248 g/mol. The summed E-state index contributed by atoms with van der Waals surface area (Å²) in [5.74, 6) is 0.0783. The summed E-state index contributed by atoms with van der Waals surface area (Å²) in [6, 6.07) is 0.204. The Morgan fingerprint density at radius 1 is 1.25 bits per heavy atom. The average Bonchev–Trinajstić information content (AvgIpc) is 2.15. The summed E-state index contributed by atoms with van der Waals surface area (Å²) < 4.78 is 11.1. The molecule has 2 atom stereocenters. The Balaban J connectivity index is 3.40. The molecule has 0 bridgehead atoms. The predicted molar refractivity (Wildman–Crippen MR) is 68.9 cm³/mol. The topological polar surface area (TPSA) is 58.2 Å². The first-order valence-corrected chi connectivity index (χ1v) is 7.38. The van der Waals surface area contributed by atoms with Gasteiger partial charge in [0.15, 0.2) is 0 Å². The lowest BCUT2D eigenvalue weighted by Gasteiger charge is -2.10. The fraction of sp³-hybridized carbons (Fsp3) is 0.909. The van der Waals surface area contributed by atoms with Crippen molar-refractivity contribution in [3.63, 3.8) is 0 Å². The highest BCUT2D eigenvalue weighted by Gasteiger charge is 2.05. The van der Waals surface area contributed by atoms with Crippen LogP contribution in [-0.2, 0) is 15.6 Å². The molecule has 0 spiro atoms. The maximum Gasteiger partial charge on any atom is 0.221 e. The first-order valence-electron chi connectivity index (χ1n) is 5.75. The molecule has 0 fully saturated rings. The molecule has 0 heterocycles. The molecule has 0 saturated carbocycles. The third-order valence-corrected chi connectivity index (χ3v) is 3.64. The molecule has 0 aromatic carbocycles. The molecular formula is C11H24N2O2S. The molecule has 0 aromatic heterocycles. The molecule has 0 radical (unpaired) electrons. The summed E-state index contributed by atoms with van der Waals surface area (Å²) in [5.41, 5.74) is 0. The fourth-order valence-corrected chi connectivity index (χ4v) is 1.64. The van der Waals surface area contributed by atoms with E-state index in [1.165, 1.54) is 0 Å². The lowest BCUT2D eigenvalue weighted by Crippen LogP contribution is -2.33. The number of carbonyl (C=O) groups is 1. The first-order chi connectivity index (χ1) is 7.43. The van der Waals surface area contributed by atoms with E-state index in [-0.39, 0.29) is 17.2 Å². The van der Waals surface area contributed by atoms with Gasteiger partial charge in [-0.05, 0) is 26.8 Å². The van der Waals surface area contributed by atoms with Crippen molar-refractivity contribution < 1.29 is 9.00 Å². The largest absolute Gasteiger partial charge is 0.354 e. The second-order valence-corrected chi connectivity index (χ2v) is 6.12. The van der Waals surface area contributed by atoms with Crippen LogP contribution in [0.3, 0.4) is 0 Å². The molecule has 96 valence electrons. The SMILES string of the molecule is CC(C)NC(=O)CCNCCC(C)S(C)=O. The number of hydrogen-bond acceptors (Lipinski definition) is 3. The van der Waals surface area contributed by atoms with Gasteiger partial charge in [-0.2, -0.15) is 0 Å². The van der Waals surface area contributed by atoms with E-state index in [0.717, 1.165) is 13.0 Å². The molecule has 0 aliphatic rings. The normalized spacial score (nSPS) is 14.8. The van der Waals surface area contributed by atoms with E-state index in [0.29, 0.717) is 13.0 Å². The van der Waals surface area contributed by atoms with Crippen LogP contribution in [-0.4, -0.2) is 40.8 Å². The van der Waals surface area contributed by atoms with E-state index >= 15 is 0 Å². The minimum Gasteiger partial charge on any atom is -0.354 e. The molecule has 16 heavy (non-hydrogen) atoms. The number of carbonyl (C=O) groups excluding carboxylic acids is 1. The van der Waals surface area contributed by atoms with E-state index in [1.807, 2.05) is 20.8 Å². The Morgan fingerprint density at radius 3 is 2.38 bits per heavy atom. The predicted octanol–water partition coefficient (Wildman–Crippen LogP) is 0.648. The standard InChI is InChI=1S/C11H24N2O2S/c1-9(2)13-11(14)6-8-12-7-5-10(3)16(4)15/h9-10,12H,5-8H2,1-4H3,(H,13,14). The molecule has 0 saturated heterocycles. The second-order valence-electron chi connectivity index (χ2n) is 4.32. The van der Waals surface area contributed by atoms with Crippen LogP contribution in [0.5, 0.6) is 0 Å². The van der Waals surface area contributed by atoms with Gasteiger partial charge in [0.1, 0.15) is 0 Å². The van der Waals surface area contributed by atoms with Crippen LogP contribution < -0.4 is 10.6 Å². The van der Waals surface area contributed by atoms with Crippen molar-refractivity contribution in [2.45, 2.75) is 44.9 Å². The van der Waals surface area contributed by atoms with Crippen LogP contribution in [0, 0.1) is 0 Å². The van der Waals surface area contributed by atoms with Crippen LogP contribution in [0.4, 0.5) is 0 Å². The number of nitrogens with one attached hydrogen (secondary N) is 2. The van der Waals surface area contributed by atoms with Crippen molar-refractivity contribution in [3.05, 3.63) is 0 Å². The summed E-state index contributed by atoms with van der Waals surface area (Å²) in [4.78, 5) is 11.3. The molecule has 0 rings (SSSR count). The average molecular weight is 248 g/mol. The Labute approximate surface area is 101 Å². The summed E-state index contributed by atoms with van der Waals surface area (Å²) in [7, 11) is -0.752. The fourth-order valence-electron chi connectivity index (χ4n) is 1.19. The summed E-state index contributed by atoms with van der Waals surface area (Å²) >= 11 is 0. The Morgan fingerprint density at radius 2 is 1.88 bits per heavy atom. The van der Waals surface area contributed by atoms with Gasteiger partial charge in [0.25, 0.3) is 0 Å². The molecule has 0 aliphatic heterocycles. The van der Waals surface area contributed by atoms with Crippen LogP contribution in [0.15, 0.2) is 0 Å². The highest BCUT2D eigenvalue weighted by molar-refractivity contribution is 7.84. The van der Waals surface area contributed by atoms with Gasteiger partial charge in [0.05, 0.1) is 0 Å². The van der Waals surface area contributed by atoms with Gasteiger partial charge in [-0.1, -0.05) is 6.92 Å². The lowest BCUT2D eigenvalue weighted by molar-refractivity contribution is -0.121. The molecule has 2 N–H and O–H groups in total. The molecular weight excluding hydrogens is 224 g/mol. The number of rotatable bonds is 8. The minimum absolute atomic E-state index is 0.0783. The van der Waals surface area contributed by atoms with Crippen LogP contribution in [0.1, 0.15) is 33.6 Å². The number of amides is 1. The van der Waals surface area contributed by atoms with Gasteiger partial charge >= 0.3 is 0 Å². The third-order valence-electron chi connectivity index (χ3n) is 2.27. The quantitative estimate of drug-likeness (QED) is 0.620. The van der Waals surface area contributed by atoms with E-state index < -0.39 is 10.8 Å². The molecule has 0 aromatic rings. The molecule has 5 heteroatoms. The van der Waals surface area contributed by atoms with Crippen LogP contribution in [0.2, 0.25) is 0 Å². The molecule has 4 nitrogen and oxygen atoms in total. The van der Waals surface area contributed by atoms with E-state index in [9.17, 15) is 9.00 Å². The van der Waals surface area contributed by atoms with Crippen LogP contribution >= 0.6 is 0 Å². The van der Waals surface area contributed by atoms with Crippen molar-refractivity contribution in [2.75, 3.05) is 19.3 Å². The van der Waals surface area contributed by atoms with Gasteiger partial charge in [-0.15, -0.1) is 0 Å². The zero-order valence-corrected chi connectivity index (χ0v) is 11.5. The van der Waals surface area contributed by atoms with Crippen molar-refractivity contribution in [1.29, 1.82) is 0 Å². The van der Waals surface area contributed by atoms with Crippen molar-refractivity contribution in [2.24, 2.45) is 0 Å². The Hall–Kier alpha value is -0.420. The Kier molecular flexibility index (Phi) is 8.47. The number of hydrogen-bond donors (Lipinski definition) is 2. The third kappa shape index (κ3) is 8.85. The van der Waals surface area contributed by atoms with Crippen molar-refractivity contribution in [3.8, 4) is 0 Å². The maximum absolute atomic E-state index is 11.3. The highest BCUT2D eigenvalue weighted by atomic mass is 32.2. The minimum atomic E-state index is -0.752. The molecule has 0 aliphatic carbocycles. The first kappa shape index (κ1) is 15.6. The van der Waals surface area contributed by atoms with E-state index in [1.54, 1.807) is 6.26 Å². The van der Waals surface area contributed by atoms with Crippen molar-refractivity contribution >= 4 is 16.7 Å². The lowest BCUT2D eigenvalue weighted by atomic mass is 10.3. The summed E-state index contributed by atoms with van der Waals surface area (Å²) in [5, 5.41) is 6.23. The summed E-state index contributed by atoms with van der Waals surface area (Å²) in [6.07, 6.45) is 3.11. The van der Waals surface area contributed by atoms with Gasteiger partial charge < -0.3 is 10.6 Å². The zero-order valence-electron chi connectivity index (χ0n) is 10.7. The van der Waals surface area contributed by atoms with Crippen LogP contribution in [0.25, 0.3) is 0 Å². The van der Waals surface area contributed by atoms with Gasteiger partial charge in [0, 0.05) is 41.3 Å². The zero-order chi connectivity index (χ0) is 12.6. The smallest absolute Gasteiger partial charge is 0.221 e. The maximum atomic E-state index is 11.3. The highest BCUT2D eigenvalue weighted by Crippen LogP contribution is 1.97. The van der Waals surface area contributed by atoms with Crippen molar-refractivity contribution in [1.82, 2.24) is 10.6 Å². The van der Waals surface area contributed by atoms with E-state index in [4.69, 9.17) is 0 Å². The molecule has 1 amide bonds. The van der Waals surface area contributed by atoms with Gasteiger partial charge in [-0.25, -0.2) is 0 Å². The van der Waals surface area contributed by atoms with E-state index in [2.05, 4.69) is 10.6 Å². The summed E-state index contributed by atoms with van der Waals surface area (Å²) in [6.45, 7) is 7.37.